The number of rotatable bonds is 6. The molecule has 4 nitrogen and oxygen atoms in total. The largest absolute Gasteiger partial charge is 0.481 e. The molecule has 20 heavy (non-hydrogen) atoms. The van der Waals surface area contributed by atoms with Gasteiger partial charge in [0.25, 0.3) is 0 Å². The molecule has 4 heteroatoms. The number of carbonyl (C=O) groups is 2. The number of carboxylic acids is 1. The topological polar surface area (TPSA) is 66.4 Å². The van der Waals surface area contributed by atoms with Gasteiger partial charge in [-0.25, -0.2) is 0 Å². The van der Waals surface area contributed by atoms with E-state index in [2.05, 4.69) is 26.1 Å². The van der Waals surface area contributed by atoms with Crippen LogP contribution in [0.3, 0.4) is 0 Å². The molecule has 0 saturated heterocycles. The summed E-state index contributed by atoms with van der Waals surface area (Å²) in [5, 5.41) is 11.5. The normalized spacial score (nSPS) is 11.2. The first-order valence-electron chi connectivity index (χ1n) is 6.87. The molecule has 0 unspecified atom stereocenters. The minimum absolute atomic E-state index is 0.00434. The molecule has 1 aromatic carbocycles. The third kappa shape index (κ3) is 6.92. The van der Waals surface area contributed by atoms with Crippen molar-refractivity contribution in [2.75, 3.05) is 5.32 Å². The highest BCUT2D eigenvalue weighted by molar-refractivity contribution is 5.90. The van der Waals surface area contributed by atoms with Crippen LogP contribution in [-0.4, -0.2) is 17.0 Å². The number of benzene rings is 1. The second-order valence-corrected chi connectivity index (χ2v) is 6.20. The number of aliphatic carboxylic acids is 1. The van der Waals surface area contributed by atoms with Crippen LogP contribution in [0, 0.1) is 5.41 Å². The Morgan fingerprint density at radius 2 is 1.90 bits per heavy atom. The number of aryl methyl sites for hydroxylation is 1. The quantitative estimate of drug-likeness (QED) is 0.836. The number of hydrogen-bond acceptors (Lipinski definition) is 2. The first-order valence-corrected chi connectivity index (χ1v) is 6.87. The van der Waals surface area contributed by atoms with Gasteiger partial charge in [-0.1, -0.05) is 32.9 Å². The molecule has 0 aliphatic carbocycles. The summed E-state index contributed by atoms with van der Waals surface area (Å²) < 4.78 is 0. The summed E-state index contributed by atoms with van der Waals surface area (Å²) in [4.78, 5) is 22.4. The van der Waals surface area contributed by atoms with Gasteiger partial charge in [0.05, 0.1) is 0 Å². The SMILES string of the molecule is CC(C)(C)CCC(=O)Nc1cccc(CCC(=O)O)c1. The van der Waals surface area contributed by atoms with Crippen molar-refractivity contribution in [1.82, 2.24) is 0 Å². The molecule has 1 rings (SSSR count). The van der Waals surface area contributed by atoms with E-state index in [-0.39, 0.29) is 17.7 Å². The van der Waals surface area contributed by atoms with Crippen molar-refractivity contribution >= 4 is 17.6 Å². The van der Waals surface area contributed by atoms with Crippen LogP contribution in [-0.2, 0) is 16.0 Å². The lowest BCUT2D eigenvalue weighted by atomic mass is 9.90. The Bertz CT molecular complexity index is 475. The van der Waals surface area contributed by atoms with Gasteiger partial charge in [0, 0.05) is 18.5 Å². The molecule has 0 aliphatic rings. The number of carbonyl (C=O) groups excluding carboxylic acids is 1. The maximum Gasteiger partial charge on any atom is 0.303 e. The summed E-state index contributed by atoms with van der Waals surface area (Å²) in [5.74, 6) is -0.820. The van der Waals surface area contributed by atoms with Crippen molar-refractivity contribution in [3.63, 3.8) is 0 Å². The predicted octanol–water partition coefficient (Wildman–Crippen LogP) is 3.47. The monoisotopic (exact) mass is 277 g/mol. The highest BCUT2D eigenvalue weighted by Crippen LogP contribution is 2.21. The summed E-state index contributed by atoms with van der Waals surface area (Å²) in [6.45, 7) is 6.31. The van der Waals surface area contributed by atoms with Crippen molar-refractivity contribution in [2.45, 2.75) is 46.5 Å². The molecule has 0 aromatic heterocycles. The molecule has 0 heterocycles. The Hall–Kier alpha value is -1.84. The minimum Gasteiger partial charge on any atom is -0.481 e. The maximum atomic E-state index is 11.8. The van der Waals surface area contributed by atoms with Crippen LogP contribution in [0.15, 0.2) is 24.3 Å². The minimum atomic E-state index is -0.815. The lowest BCUT2D eigenvalue weighted by Gasteiger charge is -2.17. The summed E-state index contributed by atoms with van der Waals surface area (Å²) in [6.07, 6.45) is 1.89. The van der Waals surface area contributed by atoms with Gasteiger partial charge in [0.2, 0.25) is 5.91 Å². The van der Waals surface area contributed by atoms with E-state index in [9.17, 15) is 9.59 Å². The molecule has 0 aliphatic heterocycles. The van der Waals surface area contributed by atoms with Crippen LogP contribution < -0.4 is 5.32 Å². The molecule has 1 amide bonds. The molecule has 0 saturated carbocycles. The van der Waals surface area contributed by atoms with E-state index >= 15 is 0 Å². The van der Waals surface area contributed by atoms with E-state index in [0.29, 0.717) is 12.8 Å². The molecule has 110 valence electrons. The van der Waals surface area contributed by atoms with E-state index < -0.39 is 5.97 Å². The molecular formula is C16H23NO3. The Labute approximate surface area is 120 Å². The van der Waals surface area contributed by atoms with Gasteiger partial charge < -0.3 is 10.4 Å². The summed E-state index contributed by atoms with van der Waals surface area (Å²) in [6, 6.07) is 7.35. The molecule has 0 atom stereocenters. The zero-order valence-corrected chi connectivity index (χ0v) is 12.4. The van der Waals surface area contributed by atoms with Gasteiger partial charge in [-0.3, -0.25) is 9.59 Å². The Kier molecular flexibility index (Phi) is 5.74. The molecule has 0 fully saturated rings. The molecule has 1 aromatic rings. The summed E-state index contributed by atoms with van der Waals surface area (Å²) in [7, 11) is 0. The molecular weight excluding hydrogens is 254 g/mol. The second-order valence-electron chi connectivity index (χ2n) is 6.20. The van der Waals surface area contributed by atoms with E-state index in [1.807, 2.05) is 24.3 Å². The molecule has 2 N–H and O–H groups in total. The first kappa shape index (κ1) is 16.2. The second kappa shape index (κ2) is 7.08. The van der Waals surface area contributed by atoms with Crippen LogP contribution >= 0.6 is 0 Å². The van der Waals surface area contributed by atoms with Gasteiger partial charge in [-0.05, 0) is 36.0 Å². The van der Waals surface area contributed by atoms with Gasteiger partial charge in [0.1, 0.15) is 0 Å². The average Bonchev–Trinajstić information content (AvgIpc) is 2.34. The van der Waals surface area contributed by atoms with E-state index in [1.165, 1.54) is 0 Å². The van der Waals surface area contributed by atoms with Gasteiger partial charge in [-0.2, -0.15) is 0 Å². The molecule has 0 bridgehead atoms. The fraction of sp³-hybridized carbons (Fsp3) is 0.500. The van der Waals surface area contributed by atoms with Crippen molar-refractivity contribution < 1.29 is 14.7 Å². The number of anilines is 1. The van der Waals surface area contributed by atoms with E-state index in [1.54, 1.807) is 0 Å². The van der Waals surface area contributed by atoms with Crippen LogP contribution in [0.4, 0.5) is 5.69 Å². The van der Waals surface area contributed by atoms with Gasteiger partial charge >= 0.3 is 5.97 Å². The first-order chi connectivity index (χ1) is 9.26. The maximum absolute atomic E-state index is 11.8. The number of carboxylic acid groups (broad SMARTS) is 1. The number of nitrogens with one attached hydrogen (secondary N) is 1. The van der Waals surface area contributed by atoms with Crippen molar-refractivity contribution in [1.29, 1.82) is 0 Å². The Morgan fingerprint density at radius 3 is 2.50 bits per heavy atom. The summed E-state index contributed by atoms with van der Waals surface area (Å²) >= 11 is 0. The predicted molar refractivity (Wildman–Crippen MR) is 79.7 cm³/mol. The standard InChI is InChI=1S/C16H23NO3/c1-16(2,3)10-9-14(18)17-13-6-4-5-12(11-13)7-8-15(19)20/h4-6,11H,7-10H2,1-3H3,(H,17,18)(H,19,20). The summed E-state index contributed by atoms with van der Waals surface area (Å²) in [5.41, 5.74) is 1.79. The van der Waals surface area contributed by atoms with Crippen LogP contribution in [0.25, 0.3) is 0 Å². The van der Waals surface area contributed by atoms with Crippen LogP contribution in [0.2, 0.25) is 0 Å². The fourth-order valence-electron chi connectivity index (χ4n) is 1.77. The van der Waals surface area contributed by atoms with E-state index in [4.69, 9.17) is 5.11 Å². The smallest absolute Gasteiger partial charge is 0.303 e. The Balaban J connectivity index is 2.53. The third-order valence-electron chi connectivity index (χ3n) is 2.94. The van der Waals surface area contributed by atoms with Crippen molar-refractivity contribution in [2.24, 2.45) is 5.41 Å². The number of hydrogen-bond donors (Lipinski definition) is 2. The van der Waals surface area contributed by atoms with Gasteiger partial charge in [0.15, 0.2) is 0 Å². The zero-order valence-electron chi connectivity index (χ0n) is 12.4. The highest BCUT2D eigenvalue weighted by Gasteiger charge is 2.13. The van der Waals surface area contributed by atoms with Crippen molar-refractivity contribution in [3.8, 4) is 0 Å². The van der Waals surface area contributed by atoms with Crippen LogP contribution in [0.5, 0.6) is 0 Å². The van der Waals surface area contributed by atoms with Crippen molar-refractivity contribution in [3.05, 3.63) is 29.8 Å². The zero-order chi connectivity index (χ0) is 15.2. The van der Waals surface area contributed by atoms with Crippen LogP contribution in [0.1, 0.15) is 45.6 Å². The van der Waals surface area contributed by atoms with E-state index in [0.717, 1.165) is 17.7 Å². The lowest BCUT2D eigenvalue weighted by Crippen LogP contribution is -2.15. The highest BCUT2D eigenvalue weighted by atomic mass is 16.4. The Morgan fingerprint density at radius 1 is 1.20 bits per heavy atom. The fourth-order valence-corrected chi connectivity index (χ4v) is 1.77. The average molecular weight is 277 g/mol. The molecule has 0 radical (unpaired) electrons. The van der Waals surface area contributed by atoms with Gasteiger partial charge in [-0.15, -0.1) is 0 Å². The number of amides is 1. The molecule has 0 spiro atoms. The lowest BCUT2D eigenvalue weighted by molar-refractivity contribution is -0.137. The third-order valence-corrected chi connectivity index (χ3v) is 2.94.